The molecule has 1 aliphatic rings. The van der Waals surface area contributed by atoms with E-state index in [9.17, 15) is 4.39 Å². The van der Waals surface area contributed by atoms with Crippen LogP contribution < -0.4 is 9.64 Å². The molecular formula is C18H19ClFN5O. The number of fused-ring (bicyclic) bond motifs is 1. The summed E-state index contributed by atoms with van der Waals surface area (Å²) < 4.78 is 20.8. The average molecular weight is 376 g/mol. The Kier molecular flexibility index (Phi) is 4.40. The van der Waals surface area contributed by atoms with Crippen molar-refractivity contribution in [3.05, 3.63) is 35.4 Å². The van der Waals surface area contributed by atoms with E-state index in [4.69, 9.17) is 16.3 Å². The van der Waals surface area contributed by atoms with Crippen LogP contribution >= 0.6 is 11.6 Å². The summed E-state index contributed by atoms with van der Waals surface area (Å²) in [7, 11) is 1.55. The molecule has 1 saturated heterocycles. The zero-order valence-electron chi connectivity index (χ0n) is 14.6. The molecule has 136 valence electrons. The van der Waals surface area contributed by atoms with Gasteiger partial charge in [0.05, 0.1) is 17.7 Å². The third-order valence-corrected chi connectivity index (χ3v) is 5.16. The summed E-state index contributed by atoms with van der Waals surface area (Å²) in [5, 5.41) is 4.65. The molecule has 3 heterocycles. The fraction of sp³-hybridized carbons (Fsp3) is 0.389. The Morgan fingerprint density at radius 2 is 2.04 bits per heavy atom. The van der Waals surface area contributed by atoms with Crippen LogP contribution in [0.15, 0.2) is 24.5 Å². The van der Waals surface area contributed by atoms with Gasteiger partial charge in [-0.25, -0.2) is 4.39 Å². The molecule has 0 N–H and O–H groups in total. The summed E-state index contributed by atoms with van der Waals surface area (Å²) >= 11 is 6.37. The van der Waals surface area contributed by atoms with Crippen molar-refractivity contribution < 1.29 is 9.13 Å². The SMILES string of the molecule is COc1nc2ncnn2c(N2CCC(C)CC2)c1-c1ccc(F)cc1Cl. The van der Waals surface area contributed by atoms with Gasteiger partial charge >= 0.3 is 0 Å². The fourth-order valence-electron chi connectivity index (χ4n) is 3.40. The summed E-state index contributed by atoms with van der Waals surface area (Å²) in [4.78, 5) is 10.9. The molecule has 1 fully saturated rings. The van der Waals surface area contributed by atoms with Crippen molar-refractivity contribution in [3.63, 3.8) is 0 Å². The summed E-state index contributed by atoms with van der Waals surface area (Å²) in [5.41, 5.74) is 1.36. The van der Waals surface area contributed by atoms with Crippen LogP contribution in [0.4, 0.5) is 10.2 Å². The average Bonchev–Trinajstić information content (AvgIpc) is 3.09. The minimum atomic E-state index is -0.388. The van der Waals surface area contributed by atoms with Gasteiger partial charge in [-0.3, -0.25) is 0 Å². The number of anilines is 1. The molecule has 0 atom stereocenters. The number of rotatable bonds is 3. The number of benzene rings is 1. The Balaban J connectivity index is 1.99. The van der Waals surface area contributed by atoms with E-state index in [1.807, 2.05) is 0 Å². The third-order valence-electron chi connectivity index (χ3n) is 4.85. The van der Waals surface area contributed by atoms with Gasteiger partial charge in [-0.2, -0.15) is 19.6 Å². The zero-order valence-corrected chi connectivity index (χ0v) is 15.4. The van der Waals surface area contributed by atoms with Gasteiger partial charge in [0.15, 0.2) is 0 Å². The summed E-state index contributed by atoms with van der Waals surface area (Å²) in [6.07, 6.45) is 3.63. The zero-order chi connectivity index (χ0) is 18.3. The molecule has 3 aromatic rings. The van der Waals surface area contributed by atoms with Crippen molar-refractivity contribution in [1.82, 2.24) is 19.6 Å². The Bertz CT molecular complexity index is 952. The van der Waals surface area contributed by atoms with Gasteiger partial charge in [-0.05, 0) is 37.0 Å². The van der Waals surface area contributed by atoms with Gasteiger partial charge in [-0.15, -0.1) is 0 Å². The maximum absolute atomic E-state index is 13.6. The van der Waals surface area contributed by atoms with Gasteiger partial charge in [0.1, 0.15) is 18.0 Å². The molecule has 1 aliphatic heterocycles. The minimum Gasteiger partial charge on any atom is -0.480 e. The number of ether oxygens (including phenoxy) is 1. The van der Waals surface area contributed by atoms with Crippen LogP contribution in [0.1, 0.15) is 19.8 Å². The minimum absolute atomic E-state index is 0.302. The number of piperidine rings is 1. The van der Waals surface area contributed by atoms with Crippen LogP contribution in [-0.2, 0) is 0 Å². The lowest BCUT2D eigenvalue weighted by molar-refractivity contribution is 0.398. The van der Waals surface area contributed by atoms with Crippen molar-refractivity contribution in [1.29, 1.82) is 0 Å². The van der Waals surface area contributed by atoms with Gasteiger partial charge in [-0.1, -0.05) is 18.5 Å². The van der Waals surface area contributed by atoms with Gasteiger partial charge in [0.2, 0.25) is 5.88 Å². The largest absolute Gasteiger partial charge is 0.480 e. The van der Waals surface area contributed by atoms with Gasteiger partial charge < -0.3 is 9.64 Å². The standard InChI is InChI=1S/C18H19ClFN5O/c1-11-5-7-24(8-6-11)17-15(13-4-3-12(20)9-14(13)19)16(26-2)23-18-21-10-22-25(17)18/h3-4,9-11H,5-8H2,1-2H3. The van der Waals surface area contributed by atoms with Crippen LogP contribution in [0.25, 0.3) is 16.9 Å². The lowest BCUT2D eigenvalue weighted by atomic mass is 9.98. The number of hydrogen-bond donors (Lipinski definition) is 0. The number of aromatic nitrogens is 4. The van der Waals surface area contributed by atoms with Crippen LogP contribution in [0, 0.1) is 11.7 Å². The Hall–Kier alpha value is -2.41. The lowest BCUT2D eigenvalue weighted by Crippen LogP contribution is -2.35. The second-order valence-electron chi connectivity index (χ2n) is 6.59. The Morgan fingerprint density at radius 3 is 2.73 bits per heavy atom. The molecule has 0 radical (unpaired) electrons. The summed E-state index contributed by atoms with van der Waals surface area (Å²) in [6, 6.07) is 4.33. The van der Waals surface area contributed by atoms with E-state index >= 15 is 0 Å². The topological polar surface area (TPSA) is 55.6 Å². The number of nitrogens with zero attached hydrogens (tertiary/aromatic N) is 5. The first-order chi connectivity index (χ1) is 12.6. The van der Waals surface area contributed by atoms with Crippen LogP contribution in [0.5, 0.6) is 5.88 Å². The molecule has 6 nitrogen and oxygen atoms in total. The van der Waals surface area contributed by atoms with E-state index in [-0.39, 0.29) is 5.82 Å². The molecule has 8 heteroatoms. The fourth-order valence-corrected chi connectivity index (χ4v) is 3.66. The summed E-state index contributed by atoms with van der Waals surface area (Å²) in [6.45, 7) is 4.03. The normalized spacial score (nSPS) is 15.6. The van der Waals surface area contributed by atoms with Crippen molar-refractivity contribution >= 4 is 23.2 Å². The lowest BCUT2D eigenvalue weighted by Gasteiger charge is -2.33. The number of hydrogen-bond acceptors (Lipinski definition) is 5. The molecule has 2 aromatic heterocycles. The number of halogens is 2. The molecule has 0 saturated carbocycles. The van der Waals surface area contributed by atoms with E-state index in [0.29, 0.717) is 33.7 Å². The summed E-state index contributed by atoms with van der Waals surface area (Å²) in [5.74, 6) is 1.97. The first kappa shape index (κ1) is 17.0. The maximum Gasteiger partial charge on any atom is 0.257 e. The molecule has 4 rings (SSSR count). The molecule has 0 amide bonds. The monoisotopic (exact) mass is 375 g/mol. The highest BCUT2D eigenvalue weighted by molar-refractivity contribution is 6.33. The molecule has 26 heavy (non-hydrogen) atoms. The second-order valence-corrected chi connectivity index (χ2v) is 6.99. The predicted octanol–water partition coefficient (Wildman–Crippen LogP) is 3.83. The smallest absolute Gasteiger partial charge is 0.257 e. The quantitative estimate of drug-likeness (QED) is 0.696. The molecule has 1 aromatic carbocycles. The molecule has 0 spiro atoms. The number of methoxy groups -OCH3 is 1. The van der Waals surface area contributed by atoms with E-state index in [1.165, 1.54) is 18.5 Å². The van der Waals surface area contributed by atoms with Crippen LogP contribution in [0.3, 0.4) is 0 Å². The van der Waals surface area contributed by atoms with Gasteiger partial charge in [0, 0.05) is 18.7 Å². The van der Waals surface area contributed by atoms with Crippen molar-refractivity contribution in [2.75, 3.05) is 25.1 Å². The van der Waals surface area contributed by atoms with E-state index < -0.39 is 0 Å². The van der Waals surface area contributed by atoms with Crippen molar-refractivity contribution in [3.8, 4) is 17.0 Å². The second kappa shape index (κ2) is 6.72. The first-order valence-corrected chi connectivity index (χ1v) is 8.94. The molecule has 0 unspecified atom stereocenters. The van der Waals surface area contributed by atoms with Crippen LogP contribution in [0.2, 0.25) is 5.02 Å². The van der Waals surface area contributed by atoms with E-state index in [2.05, 4.69) is 26.9 Å². The Labute approximate surface area is 155 Å². The highest BCUT2D eigenvalue weighted by atomic mass is 35.5. The first-order valence-electron chi connectivity index (χ1n) is 8.56. The predicted molar refractivity (Wildman–Crippen MR) is 98.3 cm³/mol. The molecule has 0 aliphatic carbocycles. The Morgan fingerprint density at radius 1 is 1.27 bits per heavy atom. The highest BCUT2D eigenvalue weighted by Gasteiger charge is 2.27. The highest BCUT2D eigenvalue weighted by Crippen LogP contribution is 2.42. The van der Waals surface area contributed by atoms with Crippen LogP contribution in [-0.4, -0.2) is 39.8 Å². The maximum atomic E-state index is 13.6. The van der Waals surface area contributed by atoms with Gasteiger partial charge in [0.25, 0.3) is 5.78 Å². The van der Waals surface area contributed by atoms with E-state index in [1.54, 1.807) is 17.7 Å². The van der Waals surface area contributed by atoms with Crippen molar-refractivity contribution in [2.24, 2.45) is 5.92 Å². The molecular weight excluding hydrogens is 357 g/mol. The van der Waals surface area contributed by atoms with Crippen molar-refractivity contribution in [2.45, 2.75) is 19.8 Å². The third kappa shape index (κ3) is 2.86. The molecule has 0 bridgehead atoms. The van der Waals surface area contributed by atoms with E-state index in [0.717, 1.165) is 31.7 Å².